The molecule has 4 heteroatoms. The molecule has 1 rings (SSSR count). The van der Waals surface area contributed by atoms with E-state index in [1.165, 1.54) is 0 Å². The molecule has 0 saturated carbocycles. The first-order chi connectivity index (χ1) is 7.04. The van der Waals surface area contributed by atoms with Crippen LogP contribution >= 0.6 is 0 Å². The maximum atomic E-state index is 5.63. The lowest BCUT2D eigenvalue weighted by molar-refractivity contribution is 0.493. The van der Waals surface area contributed by atoms with Crippen molar-refractivity contribution < 1.29 is 0 Å². The summed E-state index contributed by atoms with van der Waals surface area (Å²) in [7, 11) is 0. The van der Waals surface area contributed by atoms with Crippen LogP contribution in [0.1, 0.15) is 27.2 Å². The summed E-state index contributed by atoms with van der Waals surface area (Å²) < 4.78 is 0. The van der Waals surface area contributed by atoms with E-state index in [4.69, 9.17) is 11.5 Å². The third-order valence-electron chi connectivity index (χ3n) is 2.83. The van der Waals surface area contributed by atoms with E-state index in [-0.39, 0.29) is 0 Å². The molecule has 0 aliphatic carbocycles. The topological polar surface area (TPSA) is 77.0 Å². The Hall–Kier alpha value is -1.45. The Morgan fingerprint density at radius 3 is 2.53 bits per heavy atom. The summed E-state index contributed by atoms with van der Waals surface area (Å²) >= 11 is 0. The van der Waals surface area contributed by atoms with Crippen LogP contribution in [0.15, 0.2) is 12.1 Å². The van der Waals surface area contributed by atoms with Crippen molar-refractivity contribution in [3.63, 3.8) is 0 Å². The number of nitrogens with zero attached hydrogens (tertiary/aromatic N) is 1. The fourth-order valence-electron chi connectivity index (χ4n) is 1.30. The SMILES string of the molecule is CCC(C)C(C)Nc1ccc(N)c(N)n1. The van der Waals surface area contributed by atoms with Gasteiger partial charge in [0.25, 0.3) is 0 Å². The van der Waals surface area contributed by atoms with E-state index in [1.54, 1.807) is 6.07 Å². The molecule has 15 heavy (non-hydrogen) atoms. The van der Waals surface area contributed by atoms with Crippen LogP contribution in [0.4, 0.5) is 17.3 Å². The lowest BCUT2D eigenvalue weighted by Gasteiger charge is -2.20. The highest BCUT2D eigenvalue weighted by atomic mass is 15.0. The van der Waals surface area contributed by atoms with Crippen LogP contribution in [0.5, 0.6) is 0 Å². The maximum absolute atomic E-state index is 5.63. The first kappa shape index (κ1) is 11.6. The van der Waals surface area contributed by atoms with Gasteiger partial charge in [-0.05, 0) is 25.0 Å². The van der Waals surface area contributed by atoms with Gasteiger partial charge in [-0.1, -0.05) is 20.3 Å². The summed E-state index contributed by atoms with van der Waals surface area (Å²) in [6, 6.07) is 4.00. The molecule has 0 fully saturated rings. The lowest BCUT2D eigenvalue weighted by atomic mass is 10.0. The fraction of sp³-hybridized carbons (Fsp3) is 0.545. The first-order valence-corrected chi connectivity index (χ1v) is 5.33. The molecule has 0 amide bonds. The van der Waals surface area contributed by atoms with Crippen molar-refractivity contribution in [2.75, 3.05) is 16.8 Å². The van der Waals surface area contributed by atoms with E-state index in [0.29, 0.717) is 23.5 Å². The normalized spacial score (nSPS) is 14.6. The second-order valence-corrected chi connectivity index (χ2v) is 3.99. The van der Waals surface area contributed by atoms with Crippen molar-refractivity contribution in [1.82, 2.24) is 4.98 Å². The number of hydrogen-bond donors (Lipinski definition) is 3. The average molecular weight is 208 g/mol. The van der Waals surface area contributed by atoms with Gasteiger partial charge in [0.1, 0.15) is 11.6 Å². The number of aromatic nitrogens is 1. The zero-order valence-corrected chi connectivity index (χ0v) is 9.62. The first-order valence-electron chi connectivity index (χ1n) is 5.33. The molecule has 5 N–H and O–H groups in total. The van der Waals surface area contributed by atoms with Crippen molar-refractivity contribution in [3.05, 3.63) is 12.1 Å². The Balaban J connectivity index is 2.68. The Labute approximate surface area is 91.1 Å². The highest BCUT2D eigenvalue weighted by Gasteiger charge is 2.10. The predicted molar refractivity (Wildman–Crippen MR) is 65.6 cm³/mol. The summed E-state index contributed by atoms with van der Waals surface area (Å²) in [5.74, 6) is 1.77. The number of nitrogen functional groups attached to an aromatic ring is 2. The van der Waals surface area contributed by atoms with Gasteiger partial charge >= 0.3 is 0 Å². The van der Waals surface area contributed by atoms with Crippen molar-refractivity contribution in [2.45, 2.75) is 33.2 Å². The van der Waals surface area contributed by atoms with Gasteiger partial charge in [0.15, 0.2) is 0 Å². The number of hydrogen-bond acceptors (Lipinski definition) is 4. The molecule has 0 aliphatic rings. The molecule has 1 aromatic heterocycles. The van der Waals surface area contributed by atoms with Gasteiger partial charge in [-0.2, -0.15) is 0 Å². The van der Waals surface area contributed by atoms with Crippen LogP contribution in [-0.2, 0) is 0 Å². The smallest absolute Gasteiger partial charge is 0.149 e. The molecular weight excluding hydrogens is 188 g/mol. The average Bonchev–Trinajstić information content (AvgIpc) is 2.22. The maximum Gasteiger partial charge on any atom is 0.149 e. The van der Waals surface area contributed by atoms with E-state index in [9.17, 15) is 0 Å². The van der Waals surface area contributed by atoms with Gasteiger partial charge in [-0.15, -0.1) is 0 Å². The lowest BCUT2D eigenvalue weighted by Crippen LogP contribution is -2.23. The van der Waals surface area contributed by atoms with E-state index < -0.39 is 0 Å². The minimum Gasteiger partial charge on any atom is -0.396 e. The van der Waals surface area contributed by atoms with Gasteiger partial charge in [-0.25, -0.2) is 4.98 Å². The van der Waals surface area contributed by atoms with Gasteiger partial charge in [-0.3, -0.25) is 0 Å². The summed E-state index contributed by atoms with van der Waals surface area (Å²) in [6.45, 7) is 6.52. The fourth-order valence-corrected chi connectivity index (χ4v) is 1.30. The van der Waals surface area contributed by atoms with Crippen molar-refractivity contribution >= 4 is 17.3 Å². The number of pyridine rings is 1. The number of nitrogens with one attached hydrogen (secondary N) is 1. The van der Waals surface area contributed by atoms with Crippen molar-refractivity contribution in [3.8, 4) is 0 Å². The standard InChI is InChI=1S/C11H20N4/c1-4-7(2)8(3)14-10-6-5-9(12)11(13)15-10/h5-8H,4,12H2,1-3H3,(H3,13,14,15). The van der Waals surface area contributed by atoms with Crippen molar-refractivity contribution in [1.29, 1.82) is 0 Å². The van der Waals surface area contributed by atoms with Crippen LogP contribution in [-0.4, -0.2) is 11.0 Å². The van der Waals surface area contributed by atoms with E-state index in [1.807, 2.05) is 6.07 Å². The number of anilines is 3. The third kappa shape index (κ3) is 3.01. The van der Waals surface area contributed by atoms with Crippen LogP contribution in [0.3, 0.4) is 0 Å². The third-order valence-corrected chi connectivity index (χ3v) is 2.83. The quantitative estimate of drug-likeness (QED) is 0.708. The molecular formula is C11H20N4. The van der Waals surface area contributed by atoms with Crippen LogP contribution in [0.2, 0.25) is 0 Å². The Bertz CT molecular complexity index is 324. The minimum atomic E-state index is 0.380. The predicted octanol–water partition coefficient (Wildman–Crippen LogP) is 2.09. The van der Waals surface area contributed by atoms with Gasteiger partial charge in [0.2, 0.25) is 0 Å². The van der Waals surface area contributed by atoms with E-state index >= 15 is 0 Å². The van der Waals surface area contributed by atoms with Crippen LogP contribution in [0.25, 0.3) is 0 Å². The highest BCUT2D eigenvalue weighted by Crippen LogP contribution is 2.17. The highest BCUT2D eigenvalue weighted by molar-refractivity contribution is 5.61. The zero-order valence-electron chi connectivity index (χ0n) is 9.62. The van der Waals surface area contributed by atoms with Gasteiger partial charge in [0, 0.05) is 6.04 Å². The molecule has 1 heterocycles. The monoisotopic (exact) mass is 208 g/mol. The summed E-state index contributed by atoms with van der Waals surface area (Å²) in [5.41, 5.74) is 11.7. The number of rotatable bonds is 4. The van der Waals surface area contributed by atoms with E-state index in [2.05, 4.69) is 31.1 Å². The molecule has 1 aromatic rings. The molecule has 0 bridgehead atoms. The van der Waals surface area contributed by atoms with Crippen LogP contribution in [0, 0.1) is 5.92 Å². The molecule has 84 valence electrons. The van der Waals surface area contributed by atoms with E-state index in [0.717, 1.165) is 12.2 Å². The second-order valence-electron chi connectivity index (χ2n) is 3.99. The Morgan fingerprint density at radius 1 is 1.33 bits per heavy atom. The molecule has 2 atom stereocenters. The Morgan fingerprint density at radius 2 is 2.00 bits per heavy atom. The molecule has 0 spiro atoms. The molecule has 0 saturated heterocycles. The van der Waals surface area contributed by atoms with Gasteiger partial charge in [0.05, 0.1) is 5.69 Å². The largest absolute Gasteiger partial charge is 0.396 e. The van der Waals surface area contributed by atoms with Gasteiger partial charge < -0.3 is 16.8 Å². The summed E-state index contributed by atoms with van der Waals surface area (Å²) in [6.07, 6.45) is 1.14. The zero-order chi connectivity index (χ0) is 11.4. The number of nitrogens with two attached hydrogens (primary N) is 2. The molecule has 4 nitrogen and oxygen atoms in total. The molecule has 0 radical (unpaired) electrons. The molecule has 0 aliphatic heterocycles. The molecule has 0 aromatic carbocycles. The summed E-state index contributed by atoms with van der Waals surface area (Å²) in [4.78, 5) is 4.17. The molecule has 2 unspecified atom stereocenters. The van der Waals surface area contributed by atoms with Crippen LogP contribution < -0.4 is 16.8 Å². The van der Waals surface area contributed by atoms with Crippen molar-refractivity contribution in [2.24, 2.45) is 5.92 Å². The summed E-state index contributed by atoms with van der Waals surface area (Å²) in [5, 5.41) is 3.31. The minimum absolute atomic E-state index is 0.380. The Kier molecular flexibility index (Phi) is 3.77. The second kappa shape index (κ2) is 4.87.